The number of anilines is 2. The summed E-state index contributed by atoms with van der Waals surface area (Å²) < 4.78 is 240. The van der Waals surface area contributed by atoms with Gasteiger partial charge in [-0.25, -0.2) is 51.2 Å². The molecular weight excluding hydrogens is 1910 g/mol. The third-order valence-electron chi connectivity index (χ3n) is 22.6. The Morgan fingerprint density at radius 1 is 0.413 bits per heavy atom. The van der Waals surface area contributed by atoms with Crippen LogP contribution in [0, 0.1) is 0 Å². The summed E-state index contributed by atoms with van der Waals surface area (Å²) in [4.78, 5) is 26.3. The molecule has 0 amide bonds. The first-order valence-corrected chi connectivity index (χ1v) is 54.0. The summed E-state index contributed by atoms with van der Waals surface area (Å²) in [6, 6.07) is 23.9. The SMILES string of the molecule is COCCOCCOCCOCC[N+](CCCS(=O)(=O)[O-])=c1ccc2c(/C=C/C=C3\N(CCCS(C)(=O)=O)c4ccc(S(=O)(=O)[O-])cc4C3(C)CCCC(=O)O)cc(C(C)(C)C)oc-2c1.COCCOCCOCCOCC[N+](CCOCCOCCOCCOC)=c1ccc2c(/C=C/C=C3\N(CCCS(C)(=O)=O)c4ccc(S(=O)(=O)[O-])cc4C3(C)CCCC(=O)O)cc(C(C)(C)C)oc-2c1.[Na+].[Na+]. The number of allylic oxidation sites excluding steroid dienone is 6. The number of carboxylic acid groups (broad SMARTS) is 2. The van der Waals surface area contributed by atoms with Gasteiger partial charge in [0.25, 0.3) is 0 Å². The van der Waals surface area contributed by atoms with Gasteiger partial charge in [0.2, 0.25) is 10.7 Å². The minimum absolute atomic E-state index is 0. The predicted octanol–water partition coefficient (Wildman–Crippen LogP) is 3.48. The molecule has 2 atom stereocenters. The monoisotopic (exact) mass is 2050 g/mol. The van der Waals surface area contributed by atoms with E-state index in [9.17, 15) is 75.5 Å². The fourth-order valence-electron chi connectivity index (χ4n) is 15.6. The quantitative estimate of drug-likeness (QED) is 0.0239. The van der Waals surface area contributed by atoms with Crippen molar-refractivity contribution in [1.29, 1.82) is 0 Å². The third kappa shape index (κ3) is 41.6. The second-order valence-electron chi connectivity index (χ2n) is 35.6. The first kappa shape index (κ1) is 122. The van der Waals surface area contributed by atoms with Crippen molar-refractivity contribution in [2.24, 2.45) is 0 Å². The molecule has 0 aromatic heterocycles. The van der Waals surface area contributed by atoms with Crippen LogP contribution in [-0.4, -0.2) is 307 Å². The van der Waals surface area contributed by atoms with Gasteiger partial charge in [0.1, 0.15) is 89.3 Å². The molecule has 0 fully saturated rings. The van der Waals surface area contributed by atoms with Crippen molar-refractivity contribution < 1.29 is 200 Å². The van der Waals surface area contributed by atoms with Gasteiger partial charge >= 0.3 is 71.1 Å². The van der Waals surface area contributed by atoms with E-state index in [4.69, 9.17) is 65.7 Å². The average molecular weight is 2050 g/mol. The van der Waals surface area contributed by atoms with Gasteiger partial charge in [0, 0.05) is 140 Å². The molecule has 2 unspecified atom stereocenters. The molecule has 4 aliphatic heterocycles. The maximum Gasteiger partial charge on any atom is 1.00 e. The number of sulfone groups is 2. The second kappa shape index (κ2) is 59.4. The Labute approximate surface area is 859 Å². The van der Waals surface area contributed by atoms with E-state index in [1.54, 1.807) is 27.4 Å². The standard InChI is InChI=1S/C51H76N2O16S2.C45H64N2O15S3.2Na/c1-50(2,3)48-37-40(11-8-12-47-51(4,18-9-13-49(54)55)44-39-42(71(58,59)60)15-17-45(44)53(47)19-10-36-70(7,56)57)43-16-14-41(38-46(43)69-48)52(20-22-63-28-30-67-34-32-65-26-24-61-5)21-23-64-29-31-68-35-33-66-27-25-62-6;1-44(2,3)42-31-34(37-16-14-35(32-40(37)62-42)46(19-9-30-64(52,53)54)21-22-59-25-26-61-28-27-60-24-23-58-5)11-7-12-41-45(4,18-8-13-43(48)49)38-33-36(65(55,56)57)15-17-39(38)47(41)20-10-29-63(6,50)51;;/h8,11-12,14-17,37-39H,9-10,13,18-36H2,1-7H3,(H-,54,55,58,59,60);7,11-12,14-17,31-33H,8-10,13,18-30H2,1-6H3,(H2-,48,49,52,53,54,55,56,57);;/q;;2*+1/p-1. The first-order valence-electron chi connectivity index (χ1n) is 45.5. The third-order valence-corrected chi connectivity index (χ3v) is 27.1. The van der Waals surface area contributed by atoms with E-state index in [0.717, 1.165) is 39.6 Å². The zero-order valence-corrected chi connectivity index (χ0v) is 90.8. The van der Waals surface area contributed by atoms with Crippen LogP contribution in [0.2, 0.25) is 0 Å². The number of hydrogen-bond acceptors (Lipinski definition) is 31. The van der Waals surface area contributed by atoms with Crippen LogP contribution >= 0.6 is 0 Å². The van der Waals surface area contributed by atoms with Crippen molar-refractivity contribution in [3.8, 4) is 22.6 Å². The molecule has 42 heteroatoms. The number of hydrogen-bond donors (Lipinski definition) is 2. The maximum absolute atomic E-state index is 12.3. The number of ether oxygens (including phenoxy) is 12. The van der Waals surface area contributed by atoms with Gasteiger partial charge in [0.15, 0.2) is 19.6 Å². The molecule has 138 heavy (non-hydrogen) atoms. The van der Waals surface area contributed by atoms with Crippen molar-refractivity contribution >= 4 is 85.5 Å². The van der Waals surface area contributed by atoms with E-state index < -0.39 is 93.8 Å². The maximum atomic E-state index is 12.3. The summed E-state index contributed by atoms with van der Waals surface area (Å²) in [7, 11) is -15.9. The van der Waals surface area contributed by atoms with E-state index in [0.29, 0.717) is 215 Å². The van der Waals surface area contributed by atoms with Gasteiger partial charge in [-0.05, 0) is 147 Å². The van der Waals surface area contributed by atoms with Crippen LogP contribution in [0.15, 0.2) is 139 Å². The normalized spacial score (nSPS) is 16.3. The number of carbonyl (C=O) groups is 2. The molecule has 4 heterocycles. The Balaban J connectivity index is 0.000000482. The van der Waals surface area contributed by atoms with Gasteiger partial charge in [-0.3, -0.25) is 9.59 Å². The molecule has 2 aliphatic carbocycles. The topological polar surface area (TPSA) is 464 Å². The zero-order valence-electron chi connectivity index (χ0n) is 82.7. The summed E-state index contributed by atoms with van der Waals surface area (Å²) in [5.41, 5.74) is 4.15. The second-order valence-corrected chi connectivity index (χ2v) is 44.4. The van der Waals surface area contributed by atoms with Crippen molar-refractivity contribution in [2.45, 2.75) is 145 Å². The molecule has 2 N–H and O–H groups in total. The molecule has 35 nitrogen and oxygen atoms in total. The van der Waals surface area contributed by atoms with Gasteiger partial charge in [-0.2, -0.15) is 0 Å². The molecule has 0 saturated carbocycles. The van der Waals surface area contributed by atoms with Gasteiger partial charge in [0.05, 0.1) is 162 Å². The Bertz CT molecular complexity index is 5650. The summed E-state index contributed by atoms with van der Waals surface area (Å²) in [5, 5.41) is 20.7. The Morgan fingerprint density at radius 3 is 1.01 bits per heavy atom. The Morgan fingerprint density at radius 2 is 0.725 bits per heavy atom. The van der Waals surface area contributed by atoms with E-state index in [-0.39, 0.29) is 154 Å². The fourth-order valence-corrected chi connectivity index (χ4v) is 18.4. The van der Waals surface area contributed by atoms with Crippen molar-refractivity contribution in [1.82, 2.24) is 9.15 Å². The summed E-state index contributed by atoms with van der Waals surface area (Å²) in [5.74, 6) is -0.110. The smallest absolute Gasteiger partial charge is 0.748 e. The zero-order chi connectivity index (χ0) is 100.0. The van der Waals surface area contributed by atoms with Crippen LogP contribution in [0.5, 0.6) is 0 Å². The molecule has 6 aliphatic rings. The molecule has 8 rings (SSSR count). The van der Waals surface area contributed by atoms with Crippen LogP contribution in [0.3, 0.4) is 0 Å². The Hall–Kier alpha value is -6.05. The van der Waals surface area contributed by atoms with Gasteiger partial charge < -0.3 is 99.3 Å². The number of rotatable bonds is 62. The number of nitrogens with zero attached hydrogens (tertiary/aromatic N) is 4. The molecular formula is C96H139N4Na2O31S5+. The van der Waals surface area contributed by atoms with Crippen molar-refractivity contribution in [3.63, 3.8) is 0 Å². The van der Waals surface area contributed by atoms with E-state index in [2.05, 4.69) is 25.3 Å². The van der Waals surface area contributed by atoms with Crippen LogP contribution in [-0.2, 0) is 138 Å². The van der Waals surface area contributed by atoms with E-state index in [1.165, 1.54) is 36.6 Å². The van der Waals surface area contributed by atoms with Crippen LogP contribution in [0.1, 0.15) is 147 Å². The van der Waals surface area contributed by atoms with Gasteiger partial charge in [-0.15, -0.1) is 0 Å². The van der Waals surface area contributed by atoms with Crippen molar-refractivity contribution in [2.75, 3.05) is 239 Å². The summed E-state index contributed by atoms with van der Waals surface area (Å²) in [6.45, 7) is 27.5. The minimum Gasteiger partial charge on any atom is -0.748 e. The Kier molecular flexibility index (Phi) is 52.7. The van der Waals surface area contributed by atoms with Crippen LogP contribution in [0.25, 0.3) is 34.8 Å². The summed E-state index contributed by atoms with van der Waals surface area (Å²) >= 11 is 0. The number of fused-ring (bicyclic) bond motifs is 4. The average Bonchev–Trinajstić information content (AvgIpc) is 1.58. The van der Waals surface area contributed by atoms with Gasteiger partial charge in [-0.1, -0.05) is 65.8 Å². The molecule has 760 valence electrons. The fraction of sp³-hybridized carbons (Fsp3) is 0.583. The van der Waals surface area contributed by atoms with Crippen LogP contribution in [0.4, 0.5) is 11.4 Å². The molecule has 0 radical (unpaired) electrons. The number of benzene rings is 4. The van der Waals surface area contributed by atoms with E-state index >= 15 is 0 Å². The number of carboxylic acids is 2. The van der Waals surface area contributed by atoms with Crippen LogP contribution < -0.4 is 88.8 Å². The molecule has 2 aromatic rings. The summed E-state index contributed by atoms with van der Waals surface area (Å²) in [6.07, 6.45) is 15.0. The molecule has 0 saturated heterocycles. The minimum atomic E-state index is -4.84. The van der Waals surface area contributed by atoms with Crippen molar-refractivity contribution in [3.05, 3.63) is 165 Å². The van der Waals surface area contributed by atoms with E-state index in [1.807, 2.05) is 134 Å². The largest absolute Gasteiger partial charge is 1.00 e. The molecule has 0 spiro atoms. The predicted molar refractivity (Wildman–Crippen MR) is 514 cm³/mol. The molecule has 2 aromatic carbocycles. The number of aliphatic carboxylic acids is 2. The number of methoxy groups -OCH3 is 3. The molecule has 0 bridgehead atoms. The first-order chi connectivity index (χ1) is 64.2.